The maximum Gasteiger partial charge on any atom is 0.0464 e. The van der Waals surface area contributed by atoms with E-state index < -0.39 is 0 Å². The summed E-state index contributed by atoms with van der Waals surface area (Å²) in [5.74, 6) is 0. The molecule has 1 aliphatic rings. The van der Waals surface area contributed by atoms with Crippen LogP contribution in [0.15, 0.2) is 0 Å². The Balaban J connectivity index is 2.36. The Labute approximate surface area is 94.6 Å². The van der Waals surface area contributed by atoms with Crippen molar-refractivity contribution in [1.82, 2.24) is 9.80 Å². The second-order valence-electron chi connectivity index (χ2n) is 5.06. The standard InChI is InChI=1S/C12H27N3/c1-4-5-6-8-15-9-7-12(10-13,11-15)14(2)3/h4-11,13H2,1-3H3. The summed E-state index contributed by atoms with van der Waals surface area (Å²) in [5, 5.41) is 0. The summed E-state index contributed by atoms with van der Waals surface area (Å²) in [6.07, 6.45) is 5.23. The zero-order valence-electron chi connectivity index (χ0n) is 10.6. The second kappa shape index (κ2) is 5.83. The SMILES string of the molecule is CCCCCN1CCC(CN)(N(C)C)C1. The number of rotatable bonds is 6. The van der Waals surface area contributed by atoms with Crippen molar-refractivity contribution in [1.29, 1.82) is 0 Å². The minimum Gasteiger partial charge on any atom is -0.329 e. The first-order valence-electron chi connectivity index (χ1n) is 6.24. The number of nitrogens with two attached hydrogens (primary N) is 1. The Hall–Kier alpha value is -0.120. The fourth-order valence-corrected chi connectivity index (χ4v) is 2.43. The molecule has 1 heterocycles. The third-order valence-corrected chi connectivity index (χ3v) is 3.82. The van der Waals surface area contributed by atoms with E-state index in [1.807, 2.05) is 0 Å². The summed E-state index contributed by atoms with van der Waals surface area (Å²) in [5.41, 5.74) is 6.16. The van der Waals surface area contributed by atoms with E-state index in [9.17, 15) is 0 Å². The number of nitrogens with zero attached hydrogens (tertiary/aromatic N) is 2. The maximum absolute atomic E-state index is 5.92. The molecule has 0 aromatic heterocycles. The predicted molar refractivity (Wildman–Crippen MR) is 66.1 cm³/mol. The van der Waals surface area contributed by atoms with Crippen LogP contribution in [-0.4, -0.2) is 55.6 Å². The van der Waals surface area contributed by atoms with Gasteiger partial charge in [-0.05, 0) is 33.5 Å². The zero-order chi connectivity index (χ0) is 11.3. The van der Waals surface area contributed by atoms with Crippen molar-refractivity contribution >= 4 is 0 Å². The van der Waals surface area contributed by atoms with Crippen LogP contribution >= 0.6 is 0 Å². The highest BCUT2D eigenvalue weighted by atomic mass is 15.3. The van der Waals surface area contributed by atoms with Crippen LogP contribution in [0.3, 0.4) is 0 Å². The number of likely N-dealkylation sites (tertiary alicyclic amines) is 1. The van der Waals surface area contributed by atoms with Gasteiger partial charge in [0.05, 0.1) is 0 Å². The van der Waals surface area contributed by atoms with E-state index in [2.05, 4.69) is 30.8 Å². The first kappa shape index (κ1) is 12.9. The van der Waals surface area contributed by atoms with Gasteiger partial charge in [-0.2, -0.15) is 0 Å². The maximum atomic E-state index is 5.92. The van der Waals surface area contributed by atoms with Crippen LogP contribution in [0.4, 0.5) is 0 Å². The fraction of sp³-hybridized carbons (Fsp3) is 1.00. The van der Waals surface area contributed by atoms with E-state index >= 15 is 0 Å². The van der Waals surface area contributed by atoms with Gasteiger partial charge in [-0.15, -0.1) is 0 Å². The van der Waals surface area contributed by atoms with Crippen molar-refractivity contribution in [2.24, 2.45) is 5.73 Å². The molecule has 15 heavy (non-hydrogen) atoms. The van der Waals surface area contributed by atoms with Crippen molar-refractivity contribution in [2.75, 3.05) is 40.3 Å². The van der Waals surface area contributed by atoms with Gasteiger partial charge in [-0.1, -0.05) is 19.8 Å². The fourth-order valence-electron chi connectivity index (χ4n) is 2.43. The van der Waals surface area contributed by atoms with E-state index in [0.717, 1.165) is 13.1 Å². The number of hydrogen-bond donors (Lipinski definition) is 1. The Morgan fingerprint density at radius 1 is 1.33 bits per heavy atom. The molecule has 0 aromatic rings. The van der Waals surface area contributed by atoms with Gasteiger partial charge in [0, 0.05) is 25.2 Å². The molecule has 0 aromatic carbocycles. The van der Waals surface area contributed by atoms with Crippen LogP contribution in [0.5, 0.6) is 0 Å². The molecule has 2 N–H and O–H groups in total. The summed E-state index contributed by atoms with van der Waals surface area (Å²) >= 11 is 0. The van der Waals surface area contributed by atoms with Crippen LogP contribution in [0.1, 0.15) is 32.6 Å². The molecule has 0 radical (unpaired) electrons. The summed E-state index contributed by atoms with van der Waals surface area (Å²) in [7, 11) is 4.31. The van der Waals surface area contributed by atoms with Crippen molar-refractivity contribution in [3.8, 4) is 0 Å². The number of unbranched alkanes of at least 4 members (excludes halogenated alkanes) is 2. The molecule has 0 spiro atoms. The summed E-state index contributed by atoms with van der Waals surface area (Å²) in [6, 6.07) is 0. The Kier molecular flexibility index (Phi) is 5.03. The Morgan fingerprint density at radius 2 is 2.07 bits per heavy atom. The third-order valence-electron chi connectivity index (χ3n) is 3.82. The smallest absolute Gasteiger partial charge is 0.0464 e. The molecule has 3 nitrogen and oxygen atoms in total. The molecule has 0 bridgehead atoms. The molecular weight excluding hydrogens is 186 g/mol. The normalized spacial score (nSPS) is 27.8. The molecular formula is C12H27N3. The van der Waals surface area contributed by atoms with Gasteiger partial charge in [0.25, 0.3) is 0 Å². The third kappa shape index (κ3) is 3.16. The molecule has 0 saturated carbocycles. The van der Waals surface area contributed by atoms with Crippen molar-refractivity contribution in [2.45, 2.75) is 38.1 Å². The van der Waals surface area contributed by atoms with Gasteiger partial charge in [0.1, 0.15) is 0 Å². The summed E-state index contributed by atoms with van der Waals surface area (Å²) in [4.78, 5) is 4.88. The minimum atomic E-state index is 0.242. The summed E-state index contributed by atoms with van der Waals surface area (Å²) < 4.78 is 0. The minimum absolute atomic E-state index is 0.242. The van der Waals surface area contributed by atoms with Gasteiger partial charge >= 0.3 is 0 Å². The Bertz CT molecular complexity index is 182. The van der Waals surface area contributed by atoms with Crippen molar-refractivity contribution < 1.29 is 0 Å². The van der Waals surface area contributed by atoms with Crippen molar-refractivity contribution in [3.63, 3.8) is 0 Å². The lowest BCUT2D eigenvalue weighted by atomic mass is 9.97. The van der Waals surface area contributed by atoms with Gasteiger partial charge in [-0.3, -0.25) is 0 Å². The highest BCUT2D eigenvalue weighted by Crippen LogP contribution is 2.25. The molecule has 1 unspecified atom stereocenters. The topological polar surface area (TPSA) is 32.5 Å². The summed E-state index contributed by atoms with van der Waals surface area (Å²) in [6.45, 7) is 6.67. The van der Waals surface area contributed by atoms with E-state index in [1.54, 1.807) is 0 Å². The Morgan fingerprint density at radius 3 is 2.53 bits per heavy atom. The monoisotopic (exact) mass is 213 g/mol. The molecule has 1 atom stereocenters. The molecule has 1 rings (SSSR count). The molecule has 0 aliphatic carbocycles. The van der Waals surface area contributed by atoms with Gasteiger partial charge in [0.2, 0.25) is 0 Å². The van der Waals surface area contributed by atoms with Crippen LogP contribution in [0, 0.1) is 0 Å². The average molecular weight is 213 g/mol. The van der Waals surface area contributed by atoms with Crippen LogP contribution < -0.4 is 5.73 Å². The molecule has 1 fully saturated rings. The lowest BCUT2D eigenvalue weighted by molar-refractivity contribution is 0.160. The predicted octanol–water partition coefficient (Wildman–Crippen LogP) is 1.14. The van der Waals surface area contributed by atoms with Crippen LogP contribution in [0.2, 0.25) is 0 Å². The molecule has 3 heteroatoms. The lowest BCUT2D eigenvalue weighted by Crippen LogP contribution is -2.52. The molecule has 90 valence electrons. The van der Waals surface area contributed by atoms with E-state index in [4.69, 9.17) is 5.73 Å². The van der Waals surface area contributed by atoms with Crippen LogP contribution in [-0.2, 0) is 0 Å². The van der Waals surface area contributed by atoms with Gasteiger partial charge in [0.15, 0.2) is 0 Å². The largest absolute Gasteiger partial charge is 0.329 e. The van der Waals surface area contributed by atoms with E-state index in [-0.39, 0.29) is 5.54 Å². The molecule has 1 saturated heterocycles. The first-order valence-corrected chi connectivity index (χ1v) is 6.24. The number of hydrogen-bond acceptors (Lipinski definition) is 3. The van der Waals surface area contributed by atoms with Gasteiger partial charge < -0.3 is 15.5 Å². The van der Waals surface area contributed by atoms with Crippen LogP contribution in [0.25, 0.3) is 0 Å². The van der Waals surface area contributed by atoms with Crippen molar-refractivity contribution in [3.05, 3.63) is 0 Å². The molecule has 1 aliphatic heterocycles. The van der Waals surface area contributed by atoms with Gasteiger partial charge in [-0.25, -0.2) is 0 Å². The number of likely N-dealkylation sites (N-methyl/N-ethyl adjacent to an activating group) is 1. The lowest BCUT2D eigenvalue weighted by Gasteiger charge is -2.35. The quantitative estimate of drug-likeness (QED) is 0.672. The first-order chi connectivity index (χ1) is 7.14. The van der Waals surface area contributed by atoms with E-state index in [1.165, 1.54) is 38.8 Å². The van der Waals surface area contributed by atoms with E-state index in [0.29, 0.717) is 0 Å². The average Bonchev–Trinajstić information content (AvgIpc) is 2.63. The highest BCUT2D eigenvalue weighted by molar-refractivity contribution is 4.97. The highest BCUT2D eigenvalue weighted by Gasteiger charge is 2.38. The zero-order valence-corrected chi connectivity index (χ0v) is 10.6. The molecule has 0 amide bonds. The second-order valence-corrected chi connectivity index (χ2v) is 5.06.